The van der Waals surface area contributed by atoms with E-state index in [0.29, 0.717) is 6.54 Å². The lowest BCUT2D eigenvalue weighted by Gasteiger charge is -2.09. The third-order valence-electron chi connectivity index (χ3n) is 3.53. The summed E-state index contributed by atoms with van der Waals surface area (Å²) in [6, 6.07) is 11.4. The minimum absolute atomic E-state index is 0.0439. The van der Waals surface area contributed by atoms with Gasteiger partial charge in [0.05, 0.1) is 15.5 Å². The predicted octanol–water partition coefficient (Wildman–Crippen LogP) is 2.53. The fourth-order valence-electron chi connectivity index (χ4n) is 2.06. The molecule has 0 saturated carbocycles. The van der Waals surface area contributed by atoms with Crippen LogP contribution < -0.4 is 5.32 Å². The fraction of sp³-hybridized carbons (Fsp3) is 0.222. The van der Waals surface area contributed by atoms with Gasteiger partial charge in [-0.15, -0.1) is 0 Å². The highest BCUT2D eigenvalue weighted by Crippen LogP contribution is 2.21. The molecule has 138 valence electrons. The molecule has 0 unspecified atom stereocenters. The van der Waals surface area contributed by atoms with Gasteiger partial charge in [0.2, 0.25) is 0 Å². The number of nitrogens with one attached hydrogen (secondary N) is 1. The van der Waals surface area contributed by atoms with Gasteiger partial charge in [0, 0.05) is 12.8 Å². The third kappa shape index (κ3) is 5.57. The Hall–Kier alpha value is -2.38. The number of esters is 1. The van der Waals surface area contributed by atoms with E-state index in [-0.39, 0.29) is 15.5 Å². The van der Waals surface area contributed by atoms with E-state index in [1.807, 2.05) is 31.2 Å². The number of hydrogen-bond acceptors (Lipinski definition) is 5. The van der Waals surface area contributed by atoms with Crippen molar-refractivity contribution in [2.24, 2.45) is 0 Å². The maximum Gasteiger partial charge on any atom is 0.340 e. The average molecular weight is 396 g/mol. The molecule has 0 aliphatic heterocycles. The van der Waals surface area contributed by atoms with Gasteiger partial charge in [0.25, 0.3) is 5.91 Å². The van der Waals surface area contributed by atoms with Crippen LogP contribution in [0.15, 0.2) is 47.4 Å². The van der Waals surface area contributed by atoms with Crippen molar-refractivity contribution in [1.82, 2.24) is 5.32 Å². The molecular formula is C18H18ClNO5S. The van der Waals surface area contributed by atoms with Crippen LogP contribution in [0.2, 0.25) is 5.02 Å². The van der Waals surface area contributed by atoms with Crippen LogP contribution >= 0.6 is 11.6 Å². The van der Waals surface area contributed by atoms with Crippen molar-refractivity contribution in [2.75, 3.05) is 12.9 Å². The number of amides is 1. The van der Waals surface area contributed by atoms with Gasteiger partial charge in [-0.2, -0.15) is 0 Å². The number of ether oxygens (including phenoxy) is 1. The van der Waals surface area contributed by atoms with Crippen LogP contribution in [0.3, 0.4) is 0 Å². The van der Waals surface area contributed by atoms with Gasteiger partial charge < -0.3 is 10.1 Å². The highest BCUT2D eigenvalue weighted by atomic mass is 35.5. The van der Waals surface area contributed by atoms with Gasteiger partial charge in [0.15, 0.2) is 16.4 Å². The molecule has 2 rings (SSSR count). The second-order valence-electron chi connectivity index (χ2n) is 5.75. The molecule has 0 bridgehead atoms. The largest absolute Gasteiger partial charge is 0.452 e. The second-order valence-corrected chi connectivity index (χ2v) is 8.18. The molecule has 1 N–H and O–H groups in total. The average Bonchev–Trinajstić information content (AvgIpc) is 2.58. The molecule has 2 aromatic rings. The summed E-state index contributed by atoms with van der Waals surface area (Å²) in [7, 11) is -3.49. The second kappa shape index (κ2) is 8.33. The van der Waals surface area contributed by atoms with Gasteiger partial charge in [-0.3, -0.25) is 4.79 Å². The van der Waals surface area contributed by atoms with Crippen molar-refractivity contribution in [3.05, 3.63) is 64.2 Å². The normalized spacial score (nSPS) is 11.0. The summed E-state index contributed by atoms with van der Waals surface area (Å²) in [6.45, 7) is 1.77. The van der Waals surface area contributed by atoms with E-state index in [4.69, 9.17) is 16.3 Å². The molecule has 0 saturated heterocycles. The summed E-state index contributed by atoms with van der Waals surface area (Å²) < 4.78 is 28.0. The predicted molar refractivity (Wildman–Crippen MR) is 97.9 cm³/mol. The van der Waals surface area contributed by atoms with E-state index in [2.05, 4.69) is 5.32 Å². The van der Waals surface area contributed by atoms with E-state index in [1.54, 1.807) is 0 Å². The first-order chi connectivity index (χ1) is 12.2. The van der Waals surface area contributed by atoms with Gasteiger partial charge >= 0.3 is 5.97 Å². The molecule has 8 heteroatoms. The van der Waals surface area contributed by atoms with Crippen molar-refractivity contribution in [3.8, 4) is 0 Å². The number of carbonyl (C=O) groups excluding carboxylic acids is 2. The lowest BCUT2D eigenvalue weighted by atomic mass is 10.1. The smallest absolute Gasteiger partial charge is 0.340 e. The molecule has 1 amide bonds. The molecule has 2 aromatic carbocycles. The van der Waals surface area contributed by atoms with Crippen LogP contribution in [0.5, 0.6) is 0 Å². The molecular weight excluding hydrogens is 378 g/mol. The minimum Gasteiger partial charge on any atom is -0.452 e. The van der Waals surface area contributed by atoms with Crippen LogP contribution in [0.25, 0.3) is 0 Å². The highest BCUT2D eigenvalue weighted by Gasteiger charge is 2.17. The fourth-order valence-corrected chi connectivity index (χ4v) is 2.90. The summed E-state index contributed by atoms with van der Waals surface area (Å²) in [5, 5.41) is 2.67. The molecule has 0 atom stereocenters. The molecule has 0 fully saturated rings. The molecule has 0 aromatic heterocycles. The van der Waals surface area contributed by atoms with Crippen LogP contribution in [0.1, 0.15) is 21.5 Å². The summed E-state index contributed by atoms with van der Waals surface area (Å²) in [5.41, 5.74) is 1.92. The maximum atomic E-state index is 12.1. The van der Waals surface area contributed by atoms with Gasteiger partial charge in [0.1, 0.15) is 0 Å². The molecule has 0 aliphatic rings. The van der Waals surface area contributed by atoms with E-state index in [9.17, 15) is 18.0 Å². The lowest BCUT2D eigenvalue weighted by molar-refractivity contribution is -0.124. The molecule has 0 heterocycles. The minimum atomic E-state index is -3.49. The number of aryl methyl sites for hydroxylation is 1. The lowest BCUT2D eigenvalue weighted by Crippen LogP contribution is -2.28. The van der Waals surface area contributed by atoms with Crippen LogP contribution in [-0.4, -0.2) is 33.2 Å². The Balaban J connectivity index is 1.93. The Labute approximate surface area is 157 Å². The number of halogens is 1. The highest BCUT2D eigenvalue weighted by molar-refractivity contribution is 7.90. The third-order valence-corrected chi connectivity index (χ3v) is 4.97. The molecule has 26 heavy (non-hydrogen) atoms. The summed E-state index contributed by atoms with van der Waals surface area (Å²) in [5.74, 6) is -1.35. The summed E-state index contributed by atoms with van der Waals surface area (Å²) in [6.07, 6.45) is 1.02. The Morgan fingerprint density at radius 2 is 1.77 bits per heavy atom. The van der Waals surface area contributed by atoms with Gasteiger partial charge in [-0.1, -0.05) is 41.4 Å². The van der Waals surface area contributed by atoms with Crippen molar-refractivity contribution >= 4 is 33.3 Å². The Morgan fingerprint density at radius 1 is 1.12 bits per heavy atom. The Kier molecular flexibility index (Phi) is 6.39. The van der Waals surface area contributed by atoms with Gasteiger partial charge in [-0.25, -0.2) is 13.2 Å². The molecule has 0 radical (unpaired) electrons. The number of sulfone groups is 1. The number of rotatable bonds is 6. The first-order valence-corrected chi connectivity index (χ1v) is 9.93. The molecule has 6 nitrogen and oxygen atoms in total. The topological polar surface area (TPSA) is 89.5 Å². The molecule has 0 spiro atoms. The zero-order valence-corrected chi connectivity index (χ0v) is 15.9. The van der Waals surface area contributed by atoms with Crippen LogP contribution in [0.4, 0.5) is 0 Å². The first kappa shape index (κ1) is 19.9. The SMILES string of the molecule is Cc1ccc(CNC(=O)COC(=O)c2cc(S(C)(=O)=O)ccc2Cl)cc1. The molecule has 0 aliphatic carbocycles. The van der Waals surface area contributed by atoms with E-state index in [0.717, 1.165) is 23.4 Å². The summed E-state index contributed by atoms with van der Waals surface area (Å²) >= 11 is 5.91. The monoisotopic (exact) mass is 395 g/mol. The van der Waals surface area contributed by atoms with E-state index >= 15 is 0 Å². The Bertz CT molecular complexity index is 923. The zero-order valence-electron chi connectivity index (χ0n) is 14.3. The van der Waals surface area contributed by atoms with Crippen molar-refractivity contribution < 1.29 is 22.7 Å². The van der Waals surface area contributed by atoms with Crippen molar-refractivity contribution in [2.45, 2.75) is 18.4 Å². The Morgan fingerprint density at radius 3 is 2.38 bits per heavy atom. The maximum absolute atomic E-state index is 12.1. The van der Waals surface area contributed by atoms with E-state index < -0.39 is 28.3 Å². The van der Waals surface area contributed by atoms with Crippen LogP contribution in [0, 0.1) is 6.92 Å². The van der Waals surface area contributed by atoms with Crippen LogP contribution in [-0.2, 0) is 25.9 Å². The van der Waals surface area contributed by atoms with Crippen molar-refractivity contribution in [1.29, 1.82) is 0 Å². The van der Waals surface area contributed by atoms with Crippen molar-refractivity contribution in [3.63, 3.8) is 0 Å². The summed E-state index contributed by atoms with van der Waals surface area (Å²) in [4.78, 5) is 23.8. The number of benzene rings is 2. The van der Waals surface area contributed by atoms with E-state index in [1.165, 1.54) is 12.1 Å². The quantitative estimate of drug-likeness (QED) is 0.759. The number of carbonyl (C=O) groups is 2. The zero-order chi connectivity index (χ0) is 19.3. The number of hydrogen-bond donors (Lipinski definition) is 1. The standard InChI is InChI=1S/C18H18ClNO5S/c1-12-3-5-13(6-4-12)10-20-17(21)11-25-18(22)15-9-14(26(2,23)24)7-8-16(15)19/h3-9H,10-11H2,1-2H3,(H,20,21). The first-order valence-electron chi connectivity index (χ1n) is 7.66. The van der Waals surface area contributed by atoms with Gasteiger partial charge in [-0.05, 0) is 30.7 Å².